The molecule has 0 aliphatic heterocycles. The van der Waals surface area contributed by atoms with Crippen LogP contribution in [0.5, 0.6) is 0 Å². The van der Waals surface area contributed by atoms with Gasteiger partial charge in [0.25, 0.3) is 0 Å². The molecule has 4 aliphatic carbocycles. The van der Waals surface area contributed by atoms with E-state index in [2.05, 4.69) is 20.6 Å². The Morgan fingerprint density at radius 2 is 1.73 bits per heavy atom. The average molecular weight is 407 g/mol. The van der Waals surface area contributed by atoms with Gasteiger partial charge in [-0.15, -0.1) is 0 Å². The SMILES string of the molecule is CCOC(=O)c1ccc(NC2C3CC4CC(C3)CC2C4)c(NCc2cncnc2)c1. The maximum absolute atomic E-state index is 12.3. The molecule has 0 unspecified atom stereocenters. The summed E-state index contributed by atoms with van der Waals surface area (Å²) in [6.45, 7) is 2.80. The molecule has 2 aromatic rings. The first-order valence-electron chi connectivity index (χ1n) is 11.2. The summed E-state index contributed by atoms with van der Waals surface area (Å²) in [5, 5.41) is 7.37. The number of aromatic nitrogens is 2. The topological polar surface area (TPSA) is 76.1 Å². The van der Waals surface area contributed by atoms with Crippen molar-refractivity contribution in [3.63, 3.8) is 0 Å². The largest absolute Gasteiger partial charge is 0.462 e. The van der Waals surface area contributed by atoms with Crippen molar-refractivity contribution >= 4 is 17.3 Å². The molecule has 4 saturated carbocycles. The maximum atomic E-state index is 12.3. The summed E-state index contributed by atoms with van der Waals surface area (Å²) in [6.07, 6.45) is 12.1. The first-order valence-corrected chi connectivity index (χ1v) is 11.2. The molecule has 6 rings (SSSR count). The normalized spacial score (nSPS) is 28.9. The number of anilines is 2. The minimum atomic E-state index is -0.287. The Bertz CT molecular complexity index is 873. The van der Waals surface area contributed by atoms with Crippen LogP contribution in [-0.2, 0) is 11.3 Å². The molecule has 4 fully saturated rings. The lowest BCUT2D eigenvalue weighted by atomic mass is 9.54. The third-order valence-electron chi connectivity index (χ3n) is 7.18. The Labute approximate surface area is 177 Å². The van der Waals surface area contributed by atoms with Crippen LogP contribution in [0, 0.1) is 23.7 Å². The lowest BCUT2D eigenvalue weighted by Gasteiger charge is -2.54. The minimum absolute atomic E-state index is 0.287. The molecule has 1 aromatic heterocycles. The summed E-state index contributed by atoms with van der Waals surface area (Å²) in [6, 6.07) is 6.33. The van der Waals surface area contributed by atoms with Crippen LogP contribution in [0.3, 0.4) is 0 Å². The van der Waals surface area contributed by atoms with E-state index >= 15 is 0 Å². The van der Waals surface area contributed by atoms with Crippen molar-refractivity contribution in [3.05, 3.63) is 48.0 Å². The maximum Gasteiger partial charge on any atom is 0.338 e. The molecule has 30 heavy (non-hydrogen) atoms. The van der Waals surface area contributed by atoms with Crippen LogP contribution in [0.4, 0.5) is 11.4 Å². The highest BCUT2D eigenvalue weighted by Crippen LogP contribution is 2.54. The van der Waals surface area contributed by atoms with Gasteiger partial charge in [0.05, 0.1) is 23.5 Å². The summed E-state index contributed by atoms with van der Waals surface area (Å²) in [4.78, 5) is 20.5. The minimum Gasteiger partial charge on any atom is -0.462 e. The number of ether oxygens (including phenoxy) is 1. The van der Waals surface area contributed by atoms with E-state index in [1.54, 1.807) is 12.4 Å². The van der Waals surface area contributed by atoms with Crippen molar-refractivity contribution < 1.29 is 9.53 Å². The molecule has 158 valence electrons. The number of nitrogens with one attached hydrogen (secondary N) is 2. The van der Waals surface area contributed by atoms with Crippen molar-refractivity contribution in [1.29, 1.82) is 0 Å². The van der Waals surface area contributed by atoms with E-state index in [0.717, 1.165) is 40.6 Å². The summed E-state index contributed by atoms with van der Waals surface area (Å²) < 4.78 is 5.21. The number of carbonyl (C=O) groups is 1. The highest BCUT2D eigenvalue weighted by molar-refractivity contribution is 5.92. The fourth-order valence-corrected chi connectivity index (χ4v) is 6.12. The quantitative estimate of drug-likeness (QED) is 0.659. The second-order valence-electron chi connectivity index (χ2n) is 9.18. The highest BCUT2D eigenvalue weighted by atomic mass is 16.5. The third-order valence-corrected chi connectivity index (χ3v) is 7.18. The van der Waals surface area contributed by atoms with Gasteiger partial charge in [0.2, 0.25) is 0 Å². The molecular formula is C24H30N4O2. The van der Waals surface area contributed by atoms with Gasteiger partial charge in [0, 0.05) is 30.5 Å². The molecule has 4 aliphatic rings. The van der Waals surface area contributed by atoms with E-state index in [0.29, 0.717) is 24.8 Å². The Morgan fingerprint density at radius 3 is 2.40 bits per heavy atom. The Kier molecular flexibility index (Phi) is 5.32. The van der Waals surface area contributed by atoms with E-state index in [1.807, 2.05) is 25.1 Å². The zero-order valence-electron chi connectivity index (χ0n) is 17.5. The molecule has 6 heteroatoms. The molecule has 0 amide bonds. The van der Waals surface area contributed by atoms with E-state index < -0.39 is 0 Å². The van der Waals surface area contributed by atoms with Gasteiger partial charge in [-0.3, -0.25) is 0 Å². The summed E-state index contributed by atoms with van der Waals surface area (Å²) >= 11 is 0. The third kappa shape index (κ3) is 3.87. The summed E-state index contributed by atoms with van der Waals surface area (Å²) in [5.74, 6) is 3.17. The number of esters is 1. The molecule has 2 N–H and O–H groups in total. The lowest BCUT2D eigenvalue weighted by molar-refractivity contribution is 0.00756. The van der Waals surface area contributed by atoms with E-state index in [-0.39, 0.29) is 5.97 Å². The van der Waals surface area contributed by atoms with Gasteiger partial charge in [-0.05, 0) is 80.9 Å². The standard InChI is InChI=1S/C24H30N4O2/c1-2-30-24(29)18-3-4-21(22(10-18)27-13-17-11-25-14-26-12-17)28-23-19-6-15-5-16(8-19)9-20(23)7-15/h3-4,10-12,14-16,19-20,23,27-28H,2,5-9,13H2,1H3. The molecule has 0 atom stereocenters. The van der Waals surface area contributed by atoms with Gasteiger partial charge >= 0.3 is 5.97 Å². The van der Waals surface area contributed by atoms with Crippen LogP contribution in [0.2, 0.25) is 0 Å². The Morgan fingerprint density at radius 1 is 1.03 bits per heavy atom. The second-order valence-corrected chi connectivity index (χ2v) is 9.18. The van der Waals surface area contributed by atoms with Crippen molar-refractivity contribution in [1.82, 2.24) is 9.97 Å². The number of hydrogen-bond donors (Lipinski definition) is 2. The summed E-state index contributed by atoms with van der Waals surface area (Å²) in [7, 11) is 0. The molecule has 6 nitrogen and oxygen atoms in total. The number of hydrogen-bond acceptors (Lipinski definition) is 6. The van der Waals surface area contributed by atoms with E-state index in [1.165, 1.54) is 38.4 Å². The molecule has 0 spiro atoms. The fraction of sp³-hybridized carbons (Fsp3) is 0.542. The van der Waals surface area contributed by atoms with Crippen molar-refractivity contribution in [2.75, 3.05) is 17.2 Å². The molecular weight excluding hydrogens is 376 g/mol. The van der Waals surface area contributed by atoms with Crippen LogP contribution in [0.15, 0.2) is 36.9 Å². The van der Waals surface area contributed by atoms with Gasteiger partial charge in [-0.1, -0.05) is 0 Å². The Balaban J connectivity index is 1.38. The fourth-order valence-electron chi connectivity index (χ4n) is 6.12. The van der Waals surface area contributed by atoms with Crippen LogP contribution >= 0.6 is 0 Å². The zero-order valence-corrected chi connectivity index (χ0v) is 17.5. The van der Waals surface area contributed by atoms with Gasteiger partial charge in [-0.25, -0.2) is 14.8 Å². The predicted octanol–water partition coefficient (Wildman–Crippen LogP) is 4.50. The highest BCUT2D eigenvalue weighted by Gasteiger charge is 2.48. The number of carbonyl (C=O) groups excluding carboxylic acids is 1. The zero-order chi connectivity index (χ0) is 20.5. The number of benzene rings is 1. The smallest absolute Gasteiger partial charge is 0.338 e. The van der Waals surface area contributed by atoms with Crippen LogP contribution in [0.25, 0.3) is 0 Å². The first kappa shape index (κ1) is 19.3. The molecule has 0 radical (unpaired) electrons. The lowest BCUT2D eigenvalue weighted by Crippen LogP contribution is -2.51. The van der Waals surface area contributed by atoms with E-state index in [9.17, 15) is 4.79 Å². The van der Waals surface area contributed by atoms with Crippen LogP contribution < -0.4 is 10.6 Å². The number of rotatable bonds is 7. The second kappa shape index (κ2) is 8.25. The van der Waals surface area contributed by atoms with Crippen LogP contribution in [-0.4, -0.2) is 28.6 Å². The van der Waals surface area contributed by atoms with Gasteiger partial charge < -0.3 is 15.4 Å². The monoisotopic (exact) mass is 406 g/mol. The van der Waals surface area contributed by atoms with Gasteiger partial charge in [0.1, 0.15) is 6.33 Å². The van der Waals surface area contributed by atoms with Crippen molar-refractivity contribution in [2.24, 2.45) is 23.7 Å². The van der Waals surface area contributed by atoms with Gasteiger partial charge in [-0.2, -0.15) is 0 Å². The van der Waals surface area contributed by atoms with Crippen molar-refractivity contribution in [3.8, 4) is 0 Å². The summed E-state index contributed by atoms with van der Waals surface area (Å²) in [5.41, 5.74) is 3.56. The average Bonchev–Trinajstić information content (AvgIpc) is 2.75. The first-order chi connectivity index (χ1) is 14.7. The van der Waals surface area contributed by atoms with Crippen LogP contribution in [0.1, 0.15) is 54.9 Å². The molecule has 1 aromatic carbocycles. The Hall–Kier alpha value is -2.63. The van der Waals surface area contributed by atoms with Gasteiger partial charge in [0.15, 0.2) is 0 Å². The molecule has 0 saturated heterocycles. The number of nitrogens with zero attached hydrogens (tertiary/aromatic N) is 2. The molecule has 4 bridgehead atoms. The molecule has 1 heterocycles. The predicted molar refractivity (Wildman–Crippen MR) is 116 cm³/mol. The van der Waals surface area contributed by atoms with E-state index in [4.69, 9.17) is 4.74 Å². The van der Waals surface area contributed by atoms with Crippen molar-refractivity contribution in [2.45, 2.75) is 51.6 Å².